The molecule has 0 aliphatic heterocycles. The summed E-state index contributed by atoms with van der Waals surface area (Å²) in [6.45, 7) is 2.17. The Morgan fingerprint density at radius 2 is 2.12 bits per heavy atom. The molecule has 0 aromatic heterocycles. The fourth-order valence-corrected chi connectivity index (χ4v) is 1.73. The van der Waals surface area contributed by atoms with E-state index in [0.29, 0.717) is 30.9 Å². The SMILES string of the molecule is CCOc1cccc(CCCCl)c1C(F)F. The molecule has 0 heterocycles. The monoisotopic (exact) mass is 248 g/mol. The van der Waals surface area contributed by atoms with Gasteiger partial charge in [0.25, 0.3) is 6.43 Å². The molecule has 0 saturated heterocycles. The quantitative estimate of drug-likeness (QED) is 0.686. The van der Waals surface area contributed by atoms with Gasteiger partial charge in [0.05, 0.1) is 12.2 Å². The lowest BCUT2D eigenvalue weighted by Gasteiger charge is -2.13. The van der Waals surface area contributed by atoms with Crippen molar-refractivity contribution in [2.24, 2.45) is 0 Å². The maximum Gasteiger partial charge on any atom is 0.267 e. The van der Waals surface area contributed by atoms with Crippen molar-refractivity contribution in [3.8, 4) is 5.75 Å². The van der Waals surface area contributed by atoms with Crippen LogP contribution in [0.25, 0.3) is 0 Å². The number of halogens is 3. The minimum Gasteiger partial charge on any atom is -0.493 e. The van der Waals surface area contributed by atoms with Gasteiger partial charge in [-0.25, -0.2) is 8.78 Å². The molecule has 0 radical (unpaired) electrons. The van der Waals surface area contributed by atoms with Crippen LogP contribution in [-0.2, 0) is 6.42 Å². The second kappa shape index (κ2) is 6.69. The van der Waals surface area contributed by atoms with Crippen LogP contribution in [0.1, 0.15) is 30.9 Å². The third-order valence-corrected chi connectivity index (χ3v) is 2.52. The van der Waals surface area contributed by atoms with Crippen LogP contribution >= 0.6 is 11.6 Å². The van der Waals surface area contributed by atoms with Crippen LogP contribution in [0.15, 0.2) is 18.2 Å². The lowest BCUT2D eigenvalue weighted by atomic mass is 10.0. The highest BCUT2D eigenvalue weighted by atomic mass is 35.5. The topological polar surface area (TPSA) is 9.23 Å². The second-order valence-electron chi connectivity index (χ2n) is 3.36. The molecule has 16 heavy (non-hydrogen) atoms. The van der Waals surface area contributed by atoms with Crippen molar-refractivity contribution in [3.05, 3.63) is 29.3 Å². The third-order valence-electron chi connectivity index (χ3n) is 2.25. The summed E-state index contributed by atoms with van der Waals surface area (Å²) in [5.74, 6) is 0.756. The first kappa shape index (κ1) is 13.2. The molecule has 1 aromatic carbocycles. The number of ether oxygens (including phenoxy) is 1. The fourth-order valence-electron chi connectivity index (χ4n) is 1.59. The van der Waals surface area contributed by atoms with Gasteiger partial charge in [-0.15, -0.1) is 11.6 Å². The van der Waals surface area contributed by atoms with Crippen LogP contribution in [0, 0.1) is 0 Å². The van der Waals surface area contributed by atoms with E-state index < -0.39 is 6.43 Å². The standard InChI is InChI=1S/C12H15ClF2O/c1-2-16-10-7-3-5-9(6-4-8-13)11(10)12(14)15/h3,5,7,12H,2,4,6,8H2,1H3. The molecule has 0 spiro atoms. The minimum absolute atomic E-state index is 0.00877. The zero-order valence-electron chi connectivity index (χ0n) is 9.18. The molecule has 0 N–H and O–H groups in total. The van der Waals surface area contributed by atoms with Gasteiger partial charge in [0, 0.05) is 5.88 Å². The Hall–Kier alpha value is -0.830. The van der Waals surface area contributed by atoms with E-state index in [0.717, 1.165) is 0 Å². The molecular weight excluding hydrogens is 234 g/mol. The zero-order valence-corrected chi connectivity index (χ0v) is 9.94. The highest BCUT2D eigenvalue weighted by Gasteiger charge is 2.18. The van der Waals surface area contributed by atoms with Crippen LogP contribution in [0.4, 0.5) is 8.78 Å². The lowest BCUT2D eigenvalue weighted by Crippen LogP contribution is -2.02. The molecular formula is C12H15ClF2O. The van der Waals surface area contributed by atoms with Crippen molar-refractivity contribution in [1.82, 2.24) is 0 Å². The molecule has 0 aliphatic rings. The summed E-state index contributed by atoms with van der Waals surface area (Å²) in [5, 5.41) is 0. The van der Waals surface area contributed by atoms with Gasteiger partial charge in [-0.05, 0) is 31.4 Å². The maximum absolute atomic E-state index is 12.9. The summed E-state index contributed by atoms with van der Waals surface area (Å²) in [4.78, 5) is 0. The van der Waals surface area contributed by atoms with Crippen molar-refractivity contribution in [2.75, 3.05) is 12.5 Å². The van der Waals surface area contributed by atoms with Gasteiger partial charge >= 0.3 is 0 Å². The highest BCUT2D eigenvalue weighted by molar-refractivity contribution is 6.17. The van der Waals surface area contributed by atoms with Crippen molar-refractivity contribution in [1.29, 1.82) is 0 Å². The Morgan fingerprint density at radius 3 is 2.69 bits per heavy atom. The molecule has 0 aliphatic carbocycles. The summed E-state index contributed by atoms with van der Waals surface area (Å²) in [5.41, 5.74) is 0.635. The first-order chi connectivity index (χ1) is 7.70. The lowest BCUT2D eigenvalue weighted by molar-refractivity contribution is 0.144. The normalized spacial score (nSPS) is 10.8. The van der Waals surface area contributed by atoms with E-state index in [1.54, 1.807) is 25.1 Å². The Morgan fingerprint density at radius 1 is 1.38 bits per heavy atom. The minimum atomic E-state index is -2.51. The molecule has 4 heteroatoms. The maximum atomic E-state index is 12.9. The van der Waals surface area contributed by atoms with Gasteiger partial charge in [0.1, 0.15) is 5.75 Å². The van der Waals surface area contributed by atoms with E-state index in [1.165, 1.54) is 0 Å². The van der Waals surface area contributed by atoms with Crippen LogP contribution in [-0.4, -0.2) is 12.5 Å². The van der Waals surface area contributed by atoms with Gasteiger partial charge in [-0.2, -0.15) is 0 Å². The molecule has 90 valence electrons. The number of aryl methyl sites for hydroxylation is 1. The molecule has 0 saturated carbocycles. The molecule has 0 atom stereocenters. The van der Waals surface area contributed by atoms with Crippen molar-refractivity contribution >= 4 is 11.6 Å². The van der Waals surface area contributed by atoms with Crippen molar-refractivity contribution in [3.63, 3.8) is 0 Å². The number of benzene rings is 1. The van der Waals surface area contributed by atoms with E-state index in [1.807, 2.05) is 0 Å². The van der Waals surface area contributed by atoms with Gasteiger partial charge in [0.2, 0.25) is 0 Å². The summed E-state index contributed by atoms with van der Waals surface area (Å²) in [6.07, 6.45) is -1.26. The smallest absolute Gasteiger partial charge is 0.267 e. The predicted octanol–water partition coefficient (Wildman–Crippen LogP) is 4.19. The van der Waals surface area contributed by atoms with Crippen LogP contribution in [0.3, 0.4) is 0 Å². The van der Waals surface area contributed by atoms with Gasteiger partial charge in [-0.3, -0.25) is 0 Å². The third kappa shape index (κ3) is 3.34. The molecule has 0 amide bonds. The summed E-state index contributed by atoms with van der Waals surface area (Å²) < 4.78 is 31.1. The number of rotatable bonds is 6. The number of hydrogen-bond donors (Lipinski definition) is 0. The molecule has 0 bridgehead atoms. The highest BCUT2D eigenvalue weighted by Crippen LogP contribution is 2.32. The van der Waals surface area contributed by atoms with E-state index >= 15 is 0 Å². The molecule has 0 unspecified atom stereocenters. The van der Waals surface area contributed by atoms with E-state index in [4.69, 9.17) is 16.3 Å². The average molecular weight is 249 g/mol. The Labute approximate surface area is 99.4 Å². The second-order valence-corrected chi connectivity index (χ2v) is 3.73. The number of alkyl halides is 3. The molecule has 1 aromatic rings. The summed E-state index contributed by atoms with van der Waals surface area (Å²) in [7, 11) is 0. The first-order valence-corrected chi connectivity index (χ1v) is 5.82. The fraction of sp³-hybridized carbons (Fsp3) is 0.500. The van der Waals surface area contributed by atoms with Crippen LogP contribution in [0.5, 0.6) is 5.75 Å². The van der Waals surface area contributed by atoms with E-state index in [-0.39, 0.29) is 11.3 Å². The first-order valence-electron chi connectivity index (χ1n) is 5.29. The van der Waals surface area contributed by atoms with Gasteiger partial charge in [-0.1, -0.05) is 12.1 Å². The molecule has 1 rings (SSSR count). The van der Waals surface area contributed by atoms with E-state index in [2.05, 4.69) is 0 Å². The van der Waals surface area contributed by atoms with Gasteiger partial charge < -0.3 is 4.74 Å². The van der Waals surface area contributed by atoms with Crippen LogP contribution in [0.2, 0.25) is 0 Å². The van der Waals surface area contributed by atoms with Crippen molar-refractivity contribution in [2.45, 2.75) is 26.2 Å². The predicted molar refractivity (Wildman–Crippen MR) is 61.6 cm³/mol. The summed E-state index contributed by atoms with van der Waals surface area (Å²) >= 11 is 5.57. The Bertz CT molecular complexity index is 329. The number of hydrogen-bond acceptors (Lipinski definition) is 1. The average Bonchev–Trinajstić information content (AvgIpc) is 2.26. The Balaban J connectivity index is 3.00. The van der Waals surface area contributed by atoms with Crippen LogP contribution < -0.4 is 4.74 Å². The van der Waals surface area contributed by atoms with E-state index in [9.17, 15) is 8.78 Å². The summed E-state index contributed by atoms with van der Waals surface area (Å²) in [6, 6.07) is 5.02. The Kier molecular flexibility index (Phi) is 5.53. The molecule has 0 fully saturated rings. The van der Waals surface area contributed by atoms with Gasteiger partial charge in [0.15, 0.2) is 0 Å². The largest absolute Gasteiger partial charge is 0.493 e. The van der Waals surface area contributed by atoms with Crippen molar-refractivity contribution < 1.29 is 13.5 Å². The zero-order chi connectivity index (χ0) is 12.0. The molecule has 1 nitrogen and oxygen atoms in total.